The zero-order chi connectivity index (χ0) is 12.7. The van der Waals surface area contributed by atoms with E-state index in [0.717, 1.165) is 11.1 Å². The highest BCUT2D eigenvalue weighted by atomic mass is 16.5. The monoisotopic (exact) mass is 232 g/mol. The van der Waals surface area contributed by atoms with E-state index < -0.39 is 5.97 Å². The Balaban J connectivity index is 2.48. The van der Waals surface area contributed by atoms with E-state index in [9.17, 15) is 9.59 Å². The summed E-state index contributed by atoms with van der Waals surface area (Å²) < 4.78 is 4.42. The lowest BCUT2D eigenvalue weighted by Crippen LogP contribution is -2.07. The Morgan fingerprint density at radius 3 is 2.65 bits per heavy atom. The number of ketones is 1. The van der Waals surface area contributed by atoms with Crippen molar-refractivity contribution in [3.05, 3.63) is 41.5 Å². The molecule has 1 rings (SSSR count). The van der Waals surface area contributed by atoms with Gasteiger partial charge in [-0.25, -0.2) is 0 Å². The third-order valence-electron chi connectivity index (χ3n) is 2.40. The lowest BCUT2D eigenvalue weighted by Gasteiger charge is -1.98. The third kappa shape index (κ3) is 4.64. The molecule has 0 aliphatic rings. The molecule has 0 atom stereocenters. The number of benzene rings is 1. The highest BCUT2D eigenvalue weighted by molar-refractivity contribution is 5.96. The average molecular weight is 232 g/mol. The molecule has 17 heavy (non-hydrogen) atoms. The number of rotatable bonds is 5. The van der Waals surface area contributed by atoms with Crippen molar-refractivity contribution >= 4 is 17.8 Å². The Kier molecular flexibility index (Phi) is 5.14. The Hall–Kier alpha value is -1.90. The predicted molar refractivity (Wildman–Crippen MR) is 66.5 cm³/mol. The minimum atomic E-state index is -0.487. The van der Waals surface area contributed by atoms with Gasteiger partial charge in [-0.3, -0.25) is 9.59 Å². The summed E-state index contributed by atoms with van der Waals surface area (Å²) in [6, 6.07) is 7.91. The first-order valence-electron chi connectivity index (χ1n) is 5.44. The third-order valence-corrected chi connectivity index (χ3v) is 2.40. The van der Waals surface area contributed by atoms with Crippen molar-refractivity contribution in [1.82, 2.24) is 0 Å². The van der Waals surface area contributed by atoms with E-state index in [1.807, 2.05) is 37.3 Å². The van der Waals surface area contributed by atoms with Gasteiger partial charge in [-0.1, -0.05) is 36.4 Å². The van der Waals surface area contributed by atoms with Gasteiger partial charge in [-0.2, -0.15) is 0 Å². The number of Topliss-reactive ketones (excluding diaryl/α,β-unsaturated/α-hetero) is 1. The van der Waals surface area contributed by atoms with Gasteiger partial charge in [-0.15, -0.1) is 0 Å². The van der Waals surface area contributed by atoms with Gasteiger partial charge in [0.2, 0.25) is 0 Å². The number of ether oxygens (including phenoxy) is 1. The molecule has 0 aromatic heterocycles. The smallest absolute Gasteiger partial charge is 0.313 e. The van der Waals surface area contributed by atoms with Gasteiger partial charge in [0.15, 0.2) is 0 Å². The fraction of sp³-hybridized carbons (Fsp3) is 0.286. The molecule has 0 bridgehead atoms. The maximum absolute atomic E-state index is 11.3. The van der Waals surface area contributed by atoms with Crippen LogP contribution in [0.3, 0.4) is 0 Å². The maximum atomic E-state index is 11.3. The van der Waals surface area contributed by atoms with Crippen molar-refractivity contribution in [2.24, 2.45) is 0 Å². The largest absolute Gasteiger partial charge is 0.469 e. The van der Waals surface area contributed by atoms with Crippen LogP contribution in [-0.2, 0) is 14.3 Å². The second kappa shape index (κ2) is 6.63. The first-order chi connectivity index (χ1) is 8.13. The quantitative estimate of drug-likeness (QED) is 0.578. The lowest BCUT2D eigenvalue weighted by atomic mass is 10.1. The number of carbonyl (C=O) groups is 2. The zero-order valence-electron chi connectivity index (χ0n) is 10.1. The Labute approximate surface area is 101 Å². The van der Waals surface area contributed by atoms with Crippen LogP contribution >= 0.6 is 0 Å². The van der Waals surface area contributed by atoms with Crippen molar-refractivity contribution in [2.75, 3.05) is 7.11 Å². The van der Waals surface area contributed by atoms with Gasteiger partial charge >= 0.3 is 5.97 Å². The van der Waals surface area contributed by atoms with Gasteiger partial charge in [0.05, 0.1) is 7.11 Å². The van der Waals surface area contributed by atoms with Crippen molar-refractivity contribution in [3.8, 4) is 0 Å². The Morgan fingerprint density at radius 2 is 2.00 bits per heavy atom. The van der Waals surface area contributed by atoms with E-state index in [1.54, 1.807) is 6.08 Å². The molecule has 0 N–H and O–H groups in total. The molecular weight excluding hydrogens is 216 g/mol. The molecule has 0 aliphatic carbocycles. The second-order valence-corrected chi connectivity index (χ2v) is 3.75. The molecule has 0 aliphatic heterocycles. The summed E-state index contributed by atoms with van der Waals surface area (Å²) >= 11 is 0. The number of hydrogen-bond donors (Lipinski definition) is 0. The summed E-state index contributed by atoms with van der Waals surface area (Å²) in [5.41, 5.74) is 2.24. The Morgan fingerprint density at radius 1 is 1.29 bits per heavy atom. The van der Waals surface area contributed by atoms with Crippen LogP contribution in [0.5, 0.6) is 0 Å². The van der Waals surface area contributed by atoms with Crippen molar-refractivity contribution < 1.29 is 14.3 Å². The zero-order valence-corrected chi connectivity index (χ0v) is 10.1. The predicted octanol–water partition coefficient (Wildman–Crippen LogP) is 2.53. The fourth-order valence-electron chi connectivity index (χ4n) is 1.40. The van der Waals surface area contributed by atoms with Crippen molar-refractivity contribution in [1.29, 1.82) is 0 Å². The molecular formula is C14H16O3. The highest BCUT2D eigenvalue weighted by Gasteiger charge is 2.07. The minimum absolute atomic E-state index is 0.137. The standard InChI is InChI=1S/C14H16O3/c1-11-6-3-4-7-12(11)8-5-9-13(15)10-14(16)17-2/h3-8H,9-10H2,1-2H3. The van der Waals surface area contributed by atoms with Gasteiger partial charge in [0.1, 0.15) is 12.2 Å². The summed E-state index contributed by atoms with van der Waals surface area (Å²) in [4.78, 5) is 22.2. The fourth-order valence-corrected chi connectivity index (χ4v) is 1.40. The normalized spacial score (nSPS) is 10.5. The summed E-state index contributed by atoms with van der Waals surface area (Å²) in [5.74, 6) is -0.624. The molecule has 90 valence electrons. The molecule has 0 saturated heterocycles. The number of esters is 1. The van der Waals surface area contributed by atoms with Gasteiger partial charge < -0.3 is 4.74 Å². The maximum Gasteiger partial charge on any atom is 0.313 e. The molecule has 1 aromatic carbocycles. The summed E-state index contributed by atoms with van der Waals surface area (Å²) in [6.07, 6.45) is 3.76. The topological polar surface area (TPSA) is 43.4 Å². The number of hydrogen-bond acceptors (Lipinski definition) is 3. The summed E-state index contributed by atoms with van der Waals surface area (Å²) in [6.45, 7) is 2.01. The van der Waals surface area contributed by atoms with Crippen LogP contribution in [0, 0.1) is 6.92 Å². The van der Waals surface area contributed by atoms with Crippen LogP contribution in [0.15, 0.2) is 30.3 Å². The van der Waals surface area contributed by atoms with Gasteiger partial charge in [0.25, 0.3) is 0 Å². The first kappa shape index (κ1) is 13.2. The molecule has 0 unspecified atom stereocenters. The number of allylic oxidation sites excluding steroid dienone is 1. The van der Waals surface area contributed by atoms with Crippen LogP contribution in [0.2, 0.25) is 0 Å². The van der Waals surface area contributed by atoms with Crippen molar-refractivity contribution in [3.63, 3.8) is 0 Å². The van der Waals surface area contributed by atoms with E-state index in [2.05, 4.69) is 4.74 Å². The number of methoxy groups -OCH3 is 1. The highest BCUT2D eigenvalue weighted by Crippen LogP contribution is 2.09. The van der Waals surface area contributed by atoms with Gasteiger partial charge in [0, 0.05) is 6.42 Å². The molecule has 0 spiro atoms. The SMILES string of the molecule is COC(=O)CC(=O)CC=Cc1ccccc1C. The van der Waals surface area contributed by atoms with Crippen LogP contribution in [0.1, 0.15) is 24.0 Å². The van der Waals surface area contributed by atoms with E-state index in [4.69, 9.17) is 0 Å². The van der Waals surface area contributed by atoms with Crippen LogP contribution in [0.4, 0.5) is 0 Å². The number of aryl methyl sites for hydroxylation is 1. The average Bonchev–Trinajstić information content (AvgIpc) is 2.31. The molecule has 0 heterocycles. The second-order valence-electron chi connectivity index (χ2n) is 3.75. The van der Waals surface area contributed by atoms with E-state index >= 15 is 0 Å². The van der Waals surface area contributed by atoms with Crippen molar-refractivity contribution in [2.45, 2.75) is 19.8 Å². The molecule has 0 radical (unpaired) electrons. The lowest BCUT2D eigenvalue weighted by molar-refractivity contribution is -0.143. The van der Waals surface area contributed by atoms with Crippen LogP contribution in [-0.4, -0.2) is 18.9 Å². The van der Waals surface area contributed by atoms with E-state index in [-0.39, 0.29) is 18.6 Å². The molecule has 0 saturated carbocycles. The van der Waals surface area contributed by atoms with E-state index in [0.29, 0.717) is 0 Å². The molecule has 0 amide bonds. The minimum Gasteiger partial charge on any atom is -0.469 e. The summed E-state index contributed by atoms with van der Waals surface area (Å²) in [5, 5.41) is 0. The van der Waals surface area contributed by atoms with E-state index in [1.165, 1.54) is 7.11 Å². The number of carbonyl (C=O) groups excluding carboxylic acids is 2. The van der Waals surface area contributed by atoms with Crippen LogP contribution < -0.4 is 0 Å². The molecule has 0 fully saturated rings. The molecule has 1 aromatic rings. The van der Waals surface area contributed by atoms with Crippen LogP contribution in [0.25, 0.3) is 6.08 Å². The van der Waals surface area contributed by atoms with Gasteiger partial charge in [-0.05, 0) is 18.1 Å². The molecule has 3 nitrogen and oxygen atoms in total. The first-order valence-corrected chi connectivity index (χ1v) is 5.44. The molecule has 3 heteroatoms. The summed E-state index contributed by atoms with van der Waals surface area (Å²) in [7, 11) is 1.28. The Bertz CT molecular complexity index is 433.